The lowest BCUT2D eigenvalue weighted by Crippen LogP contribution is -1.89. The van der Waals surface area contributed by atoms with Crippen molar-refractivity contribution in [2.24, 2.45) is 0 Å². The predicted molar refractivity (Wildman–Crippen MR) is 89.2 cm³/mol. The van der Waals surface area contributed by atoms with Gasteiger partial charge in [-0.3, -0.25) is 0 Å². The zero-order chi connectivity index (χ0) is 15.0. The third-order valence-corrected chi connectivity index (χ3v) is 4.14. The second kappa shape index (κ2) is 5.54. The Morgan fingerprint density at radius 2 is 2.00 bits per heavy atom. The largest absolute Gasteiger partial charge is 0.367 e. The monoisotopic (exact) mass is 362 g/mol. The average molecular weight is 364 g/mol. The first-order chi connectivity index (χ1) is 10.1. The maximum absolute atomic E-state index is 6.09. The maximum atomic E-state index is 6.09. The molecule has 1 aromatic heterocycles. The van der Waals surface area contributed by atoms with Gasteiger partial charge < -0.3 is 10.3 Å². The number of anilines is 1. The highest BCUT2D eigenvalue weighted by Crippen LogP contribution is 2.40. The van der Waals surface area contributed by atoms with Gasteiger partial charge in [0.25, 0.3) is 0 Å². The van der Waals surface area contributed by atoms with Crippen LogP contribution >= 0.6 is 27.5 Å². The molecule has 2 N–H and O–H groups in total. The number of hydrogen-bond acceptors (Lipinski definition) is 3. The molecule has 2 aromatic carbocycles. The highest BCUT2D eigenvalue weighted by atomic mass is 79.9. The standard InChI is InChI=1S/C16H12BrClN2O/c1-9-3-2-4-10(7-9)14-15(20-21-16(14)19)12-8-11(18)5-6-13(12)17/h2-8H,19H2,1H3. The van der Waals surface area contributed by atoms with Crippen molar-refractivity contribution >= 4 is 33.4 Å². The molecule has 0 aliphatic heterocycles. The number of hydrogen-bond donors (Lipinski definition) is 1. The highest BCUT2D eigenvalue weighted by Gasteiger charge is 2.19. The summed E-state index contributed by atoms with van der Waals surface area (Å²) in [7, 11) is 0. The Hall–Kier alpha value is -1.78. The SMILES string of the molecule is Cc1cccc(-c2c(-c3cc(Cl)ccc3Br)noc2N)c1. The summed E-state index contributed by atoms with van der Waals surface area (Å²) in [4.78, 5) is 0. The number of nitrogen functional groups attached to an aromatic ring is 1. The first kappa shape index (κ1) is 14.2. The highest BCUT2D eigenvalue weighted by molar-refractivity contribution is 9.10. The van der Waals surface area contributed by atoms with Gasteiger partial charge in [0, 0.05) is 15.1 Å². The molecular formula is C16H12BrClN2O. The summed E-state index contributed by atoms with van der Waals surface area (Å²) in [5.74, 6) is 0.294. The minimum atomic E-state index is 0.294. The molecule has 1 heterocycles. The Morgan fingerprint density at radius 3 is 2.76 bits per heavy atom. The first-order valence-electron chi connectivity index (χ1n) is 6.34. The van der Waals surface area contributed by atoms with E-state index in [1.165, 1.54) is 0 Å². The second-order valence-electron chi connectivity index (χ2n) is 4.76. The minimum Gasteiger partial charge on any atom is -0.367 e. The minimum absolute atomic E-state index is 0.294. The van der Waals surface area contributed by atoms with Gasteiger partial charge in [-0.05, 0) is 30.7 Å². The van der Waals surface area contributed by atoms with Gasteiger partial charge in [0.15, 0.2) is 0 Å². The fourth-order valence-corrected chi connectivity index (χ4v) is 2.85. The summed E-state index contributed by atoms with van der Waals surface area (Å²) in [6, 6.07) is 13.6. The number of nitrogens with two attached hydrogens (primary N) is 1. The van der Waals surface area contributed by atoms with E-state index < -0.39 is 0 Å². The quantitative estimate of drug-likeness (QED) is 0.671. The van der Waals surface area contributed by atoms with E-state index in [4.69, 9.17) is 21.9 Å². The van der Waals surface area contributed by atoms with Crippen molar-refractivity contribution in [1.29, 1.82) is 0 Å². The molecule has 0 fully saturated rings. The molecule has 0 saturated heterocycles. The maximum Gasteiger partial charge on any atom is 0.230 e. The van der Waals surface area contributed by atoms with Crippen molar-refractivity contribution in [1.82, 2.24) is 5.16 Å². The van der Waals surface area contributed by atoms with E-state index >= 15 is 0 Å². The Morgan fingerprint density at radius 1 is 1.19 bits per heavy atom. The van der Waals surface area contributed by atoms with Crippen LogP contribution in [0.4, 0.5) is 5.88 Å². The van der Waals surface area contributed by atoms with Crippen LogP contribution in [0.5, 0.6) is 0 Å². The number of rotatable bonds is 2. The van der Waals surface area contributed by atoms with Crippen molar-refractivity contribution in [2.75, 3.05) is 5.73 Å². The van der Waals surface area contributed by atoms with Crippen LogP contribution in [0.2, 0.25) is 5.02 Å². The van der Waals surface area contributed by atoms with E-state index in [-0.39, 0.29) is 0 Å². The molecule has 3 aromatic rings. The van der Waals surface area contributed by atoms with E-state index in [0.29, 0.717) is 16.6 Å². The van der Waals surface area contributed by atoms with Crippen LogP contribution < -0.4 is 5.73 Å². The van der Waals surface area contributed by atoms with E-state index in [1.807, 2.05) is 49.4 Å². The summed E-state index contributed by atoms with van der Waals surface area (Å²) in [6.45, 7) is 2.03. The number of nitrogens with zero attached hydrogens (tertiary/aromatic N) is 1. The summed E-state index contributed by atoms with van der Waals surface area (Å²) >= 11 is 9.60. The Labute approximate surface area is 135 Å². The third kappa shape index (κ3) is 2.69. The van der Waals surface area contributed by atoms with Gasteiger partial charge in [0.1, 0.15) is 5.69 Å². The molecule has 0 unspecified atom stereocenters. The first-order valence-corrected chi connectivity index (χ1v) is 7.51. The molecular weight excluding hydrogens is 352 g/mol. The Bertz CT molecular complexity index is 814. The summed E-state index contributed by atoms with van der Waals surface area (Å²) in [5, 5.41) is 4.73. The van der Waals surface area contributed by atoms with Crippen LogP contribution in [0, 0.1) is 6.92 Å². The van der Waals surface area contributed by atoms with Gasteiger partial charge in [-0.15, -0.1) is 0 Å². The van der Waals surface area contributed by atoms with Gasteiger partial charge in [-0.2, -0.15) is 0 Å². The van der Waals surface area contributed by atoms with Crippen molar-refractivity contribution in [2.45, 2.75) is 6.92 Å². The van der Waals surface area contributed by atoms with Crippen LogP contribution in [0.25, 0.3) is 22.4 Å². The van der Waals surface area contributed by atoms with Crippen LogP contribution in [0.3, 0.4) is 0 Å². The van der Waals surface area contributed by atoms with Crippen molar-refractivity contribution in [3.8, 4) is 22.4 Å². The summed E-state index contributed by atoms with van der Waals surface area (Å²) in [5.41, 5.74) is 10.4. The fourth-order valence-electron chi connectivity index (χ4n) is 2.25. The second-order valence-corrected chi connectivity index (χ2v) is 6.05. The van der Waals surface area contributed by atoms with Crippen LogP contribution in [0.1, 0.15) is 5.56 Å². The average Bonchev–Trinajstić information content (AvgIpc) is 2.83. The van der Waals surface area contributed by atoms with Crippen molar-refractivity contribution < 1.29 is 4.52 Å². The molecule has 21 heavy (non-hydrogen) atoms. The summed E-state index contributed by atoms with van der Waals surface area (Å²) < 4.78 is 6.09. The molecule has 0 amide bonds. The Balaban J connectivity index is 2.24. The molecule has 0 saturated carbocycles. The van der Waals surface area contributed by atoms with Crippen LogP contribution in [-0.2, 0) is 0 Å². The lowest BCUT2D eigenvalue weighted by Gasteiger charge is -2.06. The van der Waals surface area contributed by atoms with E-state index in [0.717, 1.165) is 26.7 Å². The van der Waals surface area contributed by atoms with E-state index in [9.17, 15) is 0 Å². The smallest absolute Gasteiger partial charge is 0.230 e. The summed E-state index contributed by atoms with van der Waals surface area (Å²) in [6.07, 6.45) is 0. The van der Waals surface area contributed by atoms with Gasteiger partial charge in [0.05, 0.1) is 5.56 Å². The molecule has 0 aliphatic carbocycles. The fraction of sp³-hybridized carbons (Fsp3) is 0.0625. The van der Waals surface area contributed by atoms with Gasteiger partial charge >= 0.3 is 0 Å². The molecule has 0 atom stereocenters. The normalized spacial score (nSPS) is 10.8. The Kier molecular flexibility index (Phi) is 3.74. The van der Waals surface area contributed by atoms with Crippen LogP contribution in [-0.4, -0.2) is 5.16 Å². The van der Waals surface area contributed by atoms with E-state index in [2.05, 4.69) is 21.1 Å². The molecule has 0 bridgehead atoms. The molecule has 106 valence electrons. The van der Waals surface area contributed by atoms with Crippen molar-refractivity contribution in [3.63, 3.8) is 0 Å². The molecule has 3 nitrogen and oxygen atoms in total. The topological polar surface area (TPSA) is 52.0 Å². The lowest BCUT2D eigenvalue weighted by molar-refractivity contribution is 0.439. The van der Waals surface area contributed by atoms with Crippen LogP contribution in [0.15, 0.2) is 51.5 Å². The zero-order valence-corrected chi connectivity index (χ0v) is 13.6. The van der Waals surface area contributed by atoms with Gasteiger partial charge in [0.2, 0.25) is 5.88 Å². The van der Waals surface area contributed by atoms with Crippen molar-refractivity contribution in [3.05, 3.63) is 57.5 Å². The molecule has 0 aliphatic rings. The van der Waals surface area contributed by atoms with Gasteiger partial charge in [-0.1, -0.05) is 62.5 Å². The molecule has 0 spiro atoms. The number of aryl methyl sites for hydroxylation is 1. The zero-order valence-electron chi connectivity index (χ0n) is 11.2. The molecule has 5 heteroatoms. The molecule has 3 rings (SSSR count). The predicted octanol–water partition coefficient (Wildman–Crippen LogP) is 5.32. The molecule has 0 radical (unpaired) electrons. The number of halogens is 2. The van der Waals surface area contributed by atoms with Gasteiger partial charge in [-0.25, -0.2) is 0 Å². The third-order valence-electron chi connectivity index (χ3n) is 3.21. The van der Waals surface area contributed by atoms with E-state index in [1.54, 1.807) is 0 Å². The number of benzene rings is 2. The number of aromatic nitrogens is 1. The lowest BCUT2D eigenvalue weighted by atomic mass is 9.99.